The molecule has 4 rings (SSSR count). The van der Waals surface area contributed by atoms with Crippen molar-refractivity contribution in [2.24, 2.45) is 11.3 Å². The Labute approximate surface area is 217 Å². The van der Waals surface area contributed by atoms with Crippen LogP contribution in [-0.4, -0.2) is 73.3 Å². The summed E-state index contributed by atoms with van der Waals surface area (Å²) < 4.78 is 10.8. The minimum absolute atomic E-state index is 0.0273. The minimum Gasteiger partial charge on any atom is -0.466 e. The highest BCUT2D eigenvalue weighted by Crippen LogP contribution is 2.41. The first kappa shape index (κ1) is 26.8. The van der Waals surface area contributed by atoms with Crippen molar-refractivity contribution in [1.29, 1.82) is 0 Å². The fourth-order valence-corrected chi connectivity index (χ4v) is 6.02. The van der Waals surface area contributed by atoms with Gasteiger partial charge in [-0.2, -0.15) is 0 Å². The van der Waals surface area contributed by atoms with E-state index in [9.17, 15) is 9.59 Å². The molecule has 1 spiro atoms. The predicted octanol–water partition coefficient (Wildman–Crippen LogP) is 5.00. The van der Waals surface area contributed by atoms with Gasteiger partial charge in [0.25, 0.3) is 0 Å². The number of amides is 1. The summed E-state index contributed by atoms with van der Waals surface area (Å²) in [5.74, 6) is -0.0128. The summed E-state index contributed by atoms with van der Waals surface area (Å²) in [7, 11) is 0. The zero-order valence-corrected chi connectivity index (χ0v) is 23.0. The maximum atomic E-state index is 12.5. The summed E-state index contributed by atoms with van der Waals surface area (Å²) in [5, 5.41) is 0. The lowest BCUT2D eigenvalue weighted by Crippen LogP contribution is -2.46. The lowest BCUT2D eigenvalue weighted by atomic mass is 9.78. The van der Waals surface area contributed by atoms with Gasteiger partial charge in [-0.1, -0.05) is 12.1 Å². The fourth-order valence-electron chi connectivity index (χ4n) is 6.02. The highest BCUT2D eigenvalue weighted by atomic mass is 16.6. The normalized spacial score (nSPS) is 21.1. The fraction of sp³-hybridized carbons (Fsp3) is 0.724. The molecule has 0 saturated carbocycles. The summed E-state index contributed by atoms with van der Waals surface area (Å²) in [5.41, 5.74) is 3.82. The van der Waals surface area contributed by atoms with Crippen LogP contribution in [0.2, 0.25) is 0 Å². The molecule has 1 aromatic rings. The van der Waals surface area contributed by atoms with Crippen LogP contribution < -0.4 is 4.90 Å². The summed E-state index contributed by atoms with van der Waals surface area (Å²) in [6.07, 6.45) is 4.82. The van der Waals surface area contributed by atoms with Crippen molar-refractivity contribution in [2.45, 2.75) is 78.9 Å². The first-order valence-electron chi connectivity index (χ1n) is 13.8. The van der Waals surface area contributed by atoms with Gasteiger partial charge < -0.3 is 19.3 Å². The number of hydrogen-bond donors (Lipinski definition) is 0. The molecule has 3 aliphatic heterocycles. The third kappa shape index (κ3) is 6.53. The Bertz CT molecular complexity index is 925. The van der Waals surface area contributed by atoms with Gasteiger partial charge in [0.05, 0.1) is 12.5 Å². The molecule has 36 heavy (non-hydrogen) atoms. The van der Waals surface area contributed by atoms with E-state index in [-0.39, 0.29) is 18.0 Å². The largest absolute Gasteiger partial charge is 0.466 e. The molecule has 0 N–H and O–H groups in total. The van der Waals surface area contributed by atoms with E-state index in [2.05, 4.69) is 34.9 Å². The number of anilines is 1. The molecule has 7 heteroatoms. The Morgan fingerprint density at radius 3 is 2.33 bits per heavy atom. The number of benzene rings is 1. The van der Waals surface area contributed by atoms with Crippen molar-refractivity contribution in [3.63, 3.8) is 0 Å². The molecule has 0 bridgehead atoms. The molecule has 3 fully saturated rings. The lowest BCUT2D eigenvalue weighted by molar-refractivity contribution is -0.148. The number of rotatable bonds is 5. The number of nitrogens with zero attached hydrogens (tertiary/aromatic N) is 3. The van der Waals surface area contributed by atoms with Crippen LogP contribution >= 0.6 is 0 Å². The molecule has 3 saturated heterocycles. The second-order valence-corrected chi connectivity index (χ2v) is 12.1. The molecule has 0 aliphatic carbocycles. The maximum absolute atomic E-state index is 12.5. The van der Waals surface area contributed by atoms with E-state index in [4.69, 9.17) is 9.47 Å². The van der Waals surface area contributed by atoms with E-state index in [1.807, 2.05) is 32.6 Å². The van der Waals surface area contributed by atoms with Crippen LogP contribution in [0.5, 0.6) is 0 Å². The molecular weight excluding hydrogens is 454 g/mol. The minimum atomic E-state index is -0.448. The molecule has 3 heterocycles. The Hall–Kier alpha value is -2.28. The predicted molar refractivity (Wildman–Crippen MR) is 142 cm³/mol. The van der Waals surface area contributed by atoms with Crippen LogP contribution in [0.25, 0.3) is 0 Å². The van der Waals surface area contributed by atoms with Gasteiger partial charge in [0, 0.05) is 45.0 Å². The summed E-state index contributed by atoms with van der Waals surface area (Å²) >= 11 is 0. The van der Waals surface area contributed by atoms with Crippen molar-refractivity contribution in [2.75, 3.05) is 50.8 Å². The zero-order valence-electron chi connectivity index (χ0n) is 23.0. The van der Waals surface area contributed by atoms with Gasteiger partial charge in [0.2, 0.25) is 0 Å². The number of aryl methyl sites for hydroxylation is 1. The van der Waals surface area contributed by atoms with Gasteiger partial charge >= 0.3 is 12.1 Å². The number of carbonyl (C=O) groups is 2. The third-order valence-electron chi connectivity index (χ3n) is 8.08. The topological polar surface area (TPSA) is 62.3 Å². The Kier molecular flexibility index (Phi) is 8.18. The highest BCUT2D eigenvalue weighted by molar-refractivity contribution is 5.73. The first-order valence-corrected chi connectivity index (χ1v) is 13.8. The number of piperidine rings is 2. The summed E-state index contributed by atoms with van der Waals surface area (Å²) in [6.45, 7) is 16.8. The van der Waals surface area contributed by atoms with Gasteiger partial charge in [-0.3, -0.25) is 9.69 Å². The van der Waals surface area contributed by atoms with Crippen LogP contribution in [0.4, 0.5) is 10.5 Å². The number of ether oxygens (including phenoxy) is 2. The lowest BCUT2D eigenvalue weighted by Gasteiger charge is -2.39. The van der Waals surface area contributed by atoms with E-state index >= 15 is 0 Å². The molecule has 200 valence electrons. The number of likely N-dealkylation sites (tertiary alicyclic amines) is 2. The molecule has 0 unspecified atom stereocenters. The molecule has 3 aliphatic rings. The first-order chi connectivity index (χ1) is 17.1. The quantitative estimate of drug-likeness (QED) is 0.532. The van der Waals surface area contributed by atoms with Crippen LogP contribution in [0.3, 0.4) is 0 Å². The number of esters is 1. The molecule has 0 aromatic heterocycles. The van der Waals surface area contributed by atoms with Crippen molar-refractivity contribution < 1.29 is 19.1 Å². The second kappa shape index (κ2) is 11.0. The highest BCUT2D eigenvalue weighted by Gasteiger charge is 2.42. The molecular formula is C29H45N3O4. The average molecular weight is 500 g/mol. The Morgan fingerprint density at radius 1 is 1.03 bits per heavy atom. The van der Waals surface area contributed by atoms with Crippen molar-refractivity contribution in [3.05, 3.63) is 29.3 Å². The van der Waals surface area contributed by atoms with Crippen molar-refractivity contribution in [1.82, 2.24) is 9.80 Å². The standard InChI is InChI=1S/C29H45N3O4/c1-6-35-26(33)23-9-14-31(15-10-23)25-19-22(2)7-8-24(25)20-30-16-11-29(21-30)12-17-32(18-13-29)27(34)36-28(3,4)5/h7-8,19,23H,6,9-18,20-21H2,1-5H3. The third-order valence-corrected chi connectivity index (χ3v) is 8.08. The van der Waals surface area contributed by atoms with Crippen LogP contribution in [0.15, 0.2) is 18.2 Å². The van der Waals surface area contributed by atoms with Crippen molar-refractivity contribution in [3.8, 4) is 0 Å². The molecule has 1 aromatic carbocycles. The molecule has 1 amide bonds. The van der Waals surface area contributed by atoms with E-state index in [1.165, 1.54) is 23.2 Å². The van der Waals surface area contributed by atoms with E-state index in [0.717, 1.165) is 71.5 Å². The van der Waals surface area contributed by atoms with Gasteiger partial charge in [-0.05, 0) is 95.9 Å². The SMILES string of the molecule is CCOC(=O)C1CCN(c2cc(C)ccc2CN2CCC3(CCN(C(=O)OC(C)(C)C)CC3)C2)CC1. The monoisotopic (exact) mass is 499 g/mol. The van der Waals surface area contributed by atoms with Crippen molar-refractivity contribution >= 4 is 17.7 Å². The van der Waals surface area contributed by atoms with Gasteiger partial charge in [0.1, 0.15) is 5.60 Å². The molecule has 0 radical (unpaired) electrons. The van der Waals surface area contributed by atoms with Crippen LogP contribution in [0, 0.1) is 18.3 Å². The number of carbonyl (C=O) groups excluding carboxylic acids is 2. The molecule has 0 atom stereocenters. The second-order valence-electron chi connectivity index (χ2n) is 12.1. The van der Waals surface area contributed by atoms with E-state index < -0.39 is 5.60 Å². The molecule has 7 nitrogen and oxygen atoms in total. The summed E-state index contributed by atoms with van der Waals surface area (Å²) in [4.78, 5) is 31.6. The van der Waals surface area contributed by atoms with Gasteiger partial charge in [-0.15, -0.1) is 0 Å². The smallest absolute Gasteiger partial charge is 0.410 e. The zero-order chi connectivity index (χ0) is 25.9. The maximum Gasteiger partial charge on any atom is 0.410 e. The Balaban J connectivity index is 1.34. The van der Waals surface area contributed by atoms with Crippen LogP contribution in [-0.2, 0) is 20.8 Å². The van der Waals surface area contributed by atoms with Gasteiger partial charge in [-0.25, -0.2) is 4.79 Å². The Morgan fingerprint density at radius 2 is 1.69 bits per heavy atom. The number of hydrogen-bond acceptors (Lipinski definition) is 6. The van der Waals surface area contributed by atoms with E-state index in [0.29, 0.717) is 12.0 Å². The van der Waals surface area contributed by atoms with Crippen LogP contribution in [0.1, 0.15) is 70.9 Å². The van der Waals surface area contributed by atoms with Gasteiger partial charge in [0.15, 0.2) is 0 Å². The van der Waals surface area contributed by atoms with E-state index in [1.54, 1.807) is 0 Å². The summed E-state index contributed by atoms with van der Waals surface area (Å²) in [6, 6.07) is 6.82. The average Bonchev–Trinajstić information content (AvgIpc) is 3.21.